The Morgan fingerprint density at radius 3 is 0.708 bits per heavy atom. The first-order valence-corrected chi connectivity index (χ1v) is 11.3. The maximum absolute atomic E-state index is 3.63. The van der Waals surface area contributed by atoms with Crippen molar-refractivity contribution in [2.45, 2.75) is 105 Å². The van der Waals surface area contributed by atoms with Crippen LogP contribution in [0.1, 0.15) is 83.1 Å². The van der Waals surface area contributed by atoms with Gasteiger partial charge in [0.25, 0.3) is 0 Å². The van der Waals surface area contributed by atoms with E-state index in [1.165, 1.54) is 0 Å². The van der Waals surface area contributed by atoms with E-state index >= 15 is 0 Å². The third kappa shape index (κ3) is 15.8. The number of hydrogen-bond donors (Lipinski definition) is 4. The van der Waals surface area contributed by atoms with Gasteiger partial charge in [-0.1, -0.05) is 0 Å². The van der Waals surface area contributed by atoms with Crippen LogP contribution in [0.4, 0.5) is 0 Å². The quantitative estimate of drug-likeness (QED) is 0.409. The smallest absolute Gasteiger partial charge is 0.117 e. The van der Waals surface area contributed by atoms with Crippen LogP contribution in [-0.4, -0.2) is 22.2 Å². The fourth-order valence-corrected chi connectivity index (χ4v) is 5.43. The molecule has 142 valence electrons. The Bertz CT molecular complexity index is 367. The van der Waals surface area contributed by atoms with Crippen LogP contribution in [0.25, 0.3) is 0 Å². The summed E-state index contributed by atoms with van der Waals surface area (Å²) in [7, 11) is -1.55. The van der Waals surface area contributed by atoms with Gasteiger partial charge in [0.15, 0.2) is 0 Å². The molecule has 0 aromatic carbocycles. The van der Waals surface area contributed by atoms with Crippen molar-refractivity contribution in [3.63, 3.8) is 0 Å². The molecule has 6 heteroatoms. The second-order valence-electron chi connectivity index (χ2n) is 10.3. The summed E-state index contributed by atoms with van der Waals surface area (Å²) in [6.45, 7) is 26.1. The summed E-state index contributed by atoms with van der Waals surface area (Å²) < 4.78 is 0. The lowest BCUT2D eigenvalue weighted by atomic mass is 10.1. The van der Waals surface area contributed by atoms with Crippen molar-refractivity contribution in [3.8, 4) is 11.3 Å². The van der Waals surface area contributed by atoms with Crippen molar-refractivity contribution in [1.82, 2.24) is 20.3 Å². The molecule has 4 nitrogen and oxygen atoms in total. The van der Waals surface area contributed by atoms with Gasteiger partial charge in [-0.3, -0.25) is 20.3 Å². The molecule has 0 spiro atoms. The summed E-state index contributed by atoms with van der Waals surface area (Å²) in [6, 6.07) is 0. The van der Waals surface area contributed by atoms with Gasteiger partial charge in [0.05, 0.1) is 0 Å². The average Bonchev–Trinajstić information content (AvgIpc) is 2.16. The molecule has 0 bridgehead atoms. The minimum absolute atomic E-state index is 0.0241. The molecule has 4 N–H and O–H groups in total. The molecule has 0 aliphatic heterocycles. The highest BCUT2D eigenvalue weighted by molar-refractivity contribution is 7.62. The summed E-state index contributed by atoms with van der Waals surface area (Å²) in [4.78, 5) is 0. The molecular formula is C18H40N4P2. The van der Waals surface area contributed by atoms with Gasteiger partial charge in [0, 0.05) is 22.2 Å². The van der Waals surface area contributed by atoms with Crippen LogP contribution in [0.2, 0.25) is 0 Å². The highest BCUT2D eigenvalue weighted by atomic mass is 31.1. The van der Waals surface area contributed by atoms with Crippen LogP contribution >= 0.6 is 16.4 Å². The molecule has 0 aromatic heterocycles. The third-order valence-corrected chi connectivity index (χ3v) is 6.49. The summed E-state index contributed by atoms with van der Waals surface area (Å²) >= 11 is 0. The van der Waals surface area contributed by atoms with Crippen molar-refractivity contribution in [2.24, 2.45) is 0 Å². The summed E-state index contributed by atoms with van der Waals surface area (Å²) in [5, 5.41) is 14.5. The molecule has 0 aliphatic carbocycles. The number of hydrogen-bond acceptors (Lipinski definition) is 4. The van der Waals surface area contributed by atoms with Gasteiger partial charge < -0.3 is 0 Å². The molecule has 0 radical (unpaired) electrons. The first-order chi connectivity index (χ1) is 10.4. The average molecular weight is 374 g/mol. The zero-order chi connectivity index (χ0) is 19.4. The minimum atomic E-state index is -0.777. The molecule has 0 amide bonds. The van der Waals surface area contributed by atoms with Crippen molar-refractivity contribution < 1.29 is 0 Å². The van der Waals surface area contributed by atoms with Crippen molar-refractivity contribution >= 4 is 16.4 Å². The monoisotopic (exact) mass is 374 g/mol. The normalized spacial score (nSPS) is 14.1. The molecule has 24 heavy (non-hydrogen) atoms. The van der Waals surface area contributed by atoms with E-state index in [-0.39, 0.29) is 22.2 Å². The Hall–Kier alpha value is 0.260. The van der Waals surface area contributed by atoms with Crippen molar-refractivity contribution in [1.29, 1.82) is 0 Å². The highest BCUT2D eigenvalue weighted by Gasteiger charge is 2.23. The van der Waals surface area contributed by atoms with E-state index in [2.05, 4.69) is 115 Å². The third-order valence-electron chi connectivity index (χ3n) is 2.06. The fraction of sp³-hybridized carbons (Fsp3) is 0.889. The van der Waals surface area contributed by atoms with Gasteiger partial charge in [-0.2, -0.15) is 0 Å². The van der Waals surface area contributed by atoms with E-state index in [1.54, 1.807) is 0 Å². The molecule has 0 aliphatic rings. The van der Waals surface area contributed by atoms with Crippen molar-refractivity contribution in [2.75, 3.05) is 0 Å². The van der Waals surface area contributed by atoms with Crippen LogP contribution in [0.5, 0.6) is 0 Å². The predicted octanol–water partition coefficient (Wildman–Crippen LogP) is 5.08. The van der Waals surface area contributed by atoms with E-state index in [0.717, 1.165) is 0 Å². The molecule has 0 atom stereocenters. The molecule has 0 saturated heterocycles. The lowest BCUT2D eigenvalue weighted by Gasteiger charge is -2.32. The van der Waals surface area contributed by atoms with Gasteiger partial charge in [-0.25, -0.2) is 0 Å². The minimum Gasteiger partial charge on any atom is -0.269 e. The Balaban J connectivity index is 5.35. The Kier molecular flexibility index (Phi) is 8.86. The number of rotatable bonds is 4. The molecule has 0 rings (SSSR count). The molecule has 0 saturated carbocycles. The number of nitrogens with one attached hydrogen (secondary N) is 4. The first-order valence-electron chi connectivity index (χ1n) is 8.59. The maximum atomic E-state index is 3.63. The van der Waals surface area contributed by atoms with E-state index in [0.29, 0.717) is 0 Å². The predicted molar refractivity (Wildman–Crippen MR) is 113 cm³/mol. The standard InChI is InChI=1S/C18H40N4P2/c1-15(2,3)19-23(20-16(4,5)6)13-14-24(21-17(7,8)9)22-18(10,11)12/h19-22H,1-12H3. The Labute approximate surface area is 153 Å². The van der Waals surface area contributed by atoms with E-state index < -0.39 is 16.4 Å². The summed E-state index contributed by atoms with van der Waals surface area (Å²) in [6.07, 6.45) is 0. The largest absolute Gasteiger partial charge is 0.269 e. The fourth-order valence-electron chi connectivity index (χ4n) is 1.61. The maximum Gasteiger partial charge on any atom is 0.117 e. The van der Waals surface area contributed by atoms with Gasteiger partial charge in [0.2, 0.25) is 0 Å². The van der Waals surface area contributed by atoms with Gasteiger partial charge in [0.1, 0.15) is 16.4 Å². The zero-order valence-corrected chi connectivity index (χ0v) is 19.7. The topological polar surface area (TPSA) is 48.1 Å². The summed E-state index contributed by atoms with van der Waals surface area (Å²) in [5.41, 5.74) is 7.05. The van der Waals surface area contributed by atoms with Crippen molar-refractivity contribution in [3.05, 3.63) is 0 Å². The van der Waals surface area contributed by atoms with E-state index in [4.69, 9.17) is 0 Å². The zero-order valence-electron chi connectivity index (χ0n) is 17.9. The molecule has 0 unspecified atom stereocenters. The second-order valence-corrected chi connectivity index (χ2v) is 13.0. The molecular weight excluding hydrogens is 334 g/mol. The SMILES string of the molecule is CC(C)(C)NP(C#CP(NC(C)(C)C)NC(C)(C)C)NC(C)(C)C. The summed E-state index contributed by atoms with van der Waals surface area (Å²) in [5.74, 6) is 0. The van der Waals surface area contributed by atoms with Gasteiger partial charge in [-0.15, -0.1) is 0 Å². The van der Waals surface area contributed by atoms with Crippen LogP contribution in [0, 0.1) is 11.3 Å². The van der Waals surface area contributed by atoms with E-state index in [9.17, 15) is 0 Å². The lowest BCUT2D eigenvalue weighted by Crippen LogP contribution is -2.41. The van der Waals surface area contributed by atoms with Gasteiger partial charge in [-0.05, 0) is 94.4 Å². The molecule has 0 fully saturated rings. The molecule has 0 aromatic rings. The second kappa shape index (κ2) is 8.77. The van der Waals surface area contributed by atoms with Crippen LogP contribution < -0.4 is 20.3 Å². The van der Waals surface area contributed by atoms with Crippen LogP contribution in [0.15, 0.2) is 0 Å². The highest BCUT2D eigenvalue weighted by Crippen LogP contribution is 2.35. The van der Waals surface area contributed by atoms with Crippen LogP contribution in [-0.2, 0) is 0 Å². The molecule has 0 heterocycles. The van der Waals surface area contributed by atoms with Crippen LogP contribution in [0.3, 0.4) is 0 Å². The van der Waals surface area contributed by atoms with E-state index in [1.807, 2.05) is 0 Å². The first kappa shape index (κ1) is 24.3. The Morgan fingerprint density at radius 1 is 0.417 bits per heavy atom. The Morgan fingerprint density at radius 2 is 0.583 bits per heavy atom. The van der Waals surface area contributed by atoms with Gasteiger partial charge >= 0.3 is 0 Å². The lowest BCUT2D eigenvalue weighted by molar-refractivity contribution is 0.496.